The summed E-state index contributed by atoms with van der Waals surface area (Å²) in [4.78, 5) is 0.533. The van der Waals surface area contributed by atoms with Crippen LogP contribution in [0, 0.1) is 0 Å². The van der Waals surface area contributed by atoms with E-state index in [-0.39, 0.29) is 5.56 Å². The third kappa shape index (κ3) is 6.42. The fraction of sp³-hybridized carbons (Fsp3) is 0.0278. The zero-order valence-electron chi connectivity index (χ0n) is 74.4. The van der Waals surface area contributed by atoms with Crippen LogP contribution in [0.25, 0.3) is 55.3 Å². The molecular formula is C72H49N. The Morgan fingerprint density at radius 2 is 0.918 bits per heavy atom. The lowest BCUT2D eigenvalue weighted by Crippen LogP contribution is -2.29. The van der Waals surface area contributed by atoms with E-state index in [0.29, 0.717) is 4.90 Å². The van der Waals surface area contributed by atoms with Crippen LogP contribution in [0.15, 0.2) is 296 Å². The monoisotopic (exact) mass is 965 g/mol. The molecule has 0 aliphatic heterocycles. The minimum absolute atomic E-state index is 0.330. The fourth-order valence-electron chi connectivity index (χ4n) is 10.2. The molecule has 1 nitrogen and oxygen atoms in total. The summed E-state index contributed by atoms with van der Waals surface area (Å²) in [5, 5.41) is -1.77. The van der Waals surface area contributed by atoms with Crippen molar-refractivity contribution < 1.29 is 50.7 Å². The number of nitrogens with zero attached hydrogens (tertiary/aromatic N) is 1. The Labute approximate surface area is 479 Å². The van der Waals surface area contributed by atoms with E-state index in [4.69, 9.17) is 12.3 Å². The van der Waals surface area contributed by atoms with Crippen molar-refractivity contribution in [1.82, 2.24) is 0 Å². The highest BCUT2D eigenvalue weighted by Crippen LogP contribution is 2.62. The number of benzene rings is 12. The summed E-state index contributed by atoms with van der Waals surface area (Å²) in [5.74, 6) is 0. The van der Waals surface area contributed by atoms with Gasteiger partial charge < -0.3 is 4.90 Å². The Kier molecular flexibility index (Phi) is 4.57. The van der Waals surface area contributed by atoms with Crippen LogP contribution in [0.5, 0.6) is 0 Å². The van der Waals surface area contributed by atoms with Gasteiger partial charge in [-0.05, 0) is 113 Å². The van der Waals surface area contributed by atoms with Crippen LogP contribution in [0.4, 0.5) is 17.1 Å². The van der Waals surface area contributed by atoms with Crippen LogP contribution in [0.1, 0.15) is 95.2 Å². The lowest BCUT2D eigenvalue weighted by molar-refractivity contribution is 0.768. The Bertz CT molecular complexity index is 6260. The lowest BCUT2D eigenvalue weighted by atomic mass is 9.67. The molecule has 2 atom stereocenters. The van der Waals surface area contributed by atoms with Crippen molar-refractivity contribution in [2.75, 3.05) is 4.90 Å². The lowest BCUT2D eigenvalue weighted by Gasteiger charge is -2.36. The molecule has 0 saturated heterocycles. The molecule has 0 N–H and O–H groups in total. The maximum Gasteiger partial charge on any atom is 0.0714 e. The van der Waals surface area contributed by atoms with Gasteiger partial charge in [-0.15, -0.1) is 0 Å². The molecule has 1 heteroatoms. The smallest absolute Gasteiger partial charge is 0.0714 e. The van der Waals surface area contributed by atoms with Gasteiger partial charge in [-0.25, -0.2) is 0 Å². The highest BCUT2D eigenvalue weighted by molar-refractivity contribution is 6.08. The number of fused-ring (bicyclic) bond motifs is 7. The average Bonchev–Trinajstić information content (AvgIpc) is 1.48. The second kappa shape index (κ2) is 17.2. The molecule has 2 aliphatic rings. The molecule has 342 valence electrons. The Morgan fingerprint density at radius 3 is 1.78 bits per heavy atom. The maximum atomic E-state index is 11.4. The first-order valence-electron chi connectivity index (χ1n) is 40.9. The molecule has 0 amide bonds. The average molecular weight is 965 g/mol. The summed E-state index contributed by atoms with van der Waals surface area (Å²) in [6.45, 7) is 0. The van der Waals surface area contributed by atoms with Gasteiger partial charge >= 0.3 is 0 Å². The van der Waals surface area contributed by atoms with E-state index in [1.54, 1.807) is 0 Å². The van der Waals surface area contributed by atoms with Crippen molar-refractivity contribution in [2.45, 2.75) is 10.8 Å². The van der Waals surface area contributed by atoms with E-state index >= 15 is 0 Å². The summed E-state index contributed by atoms with van der Waals surface area (Å²) in [5.41, 5.74) is -20.1. The number of rotatable bonds is 9. The first-order chi connectivity index (χ1) is 51.5. The standard InChI is InChI=1S/C72H49N/c1-6-23-50(24-7-1)51-41-43-53(44-42-51)69-59-34-17-16-25-52(59)45-48-68(69)73(58-46-47-61-60-35-18-20-37-63(60)72(66(61)49-58,56-30-12-4-13-31-56)57-32-14-5-15-33-57)67-40-22-39-65-70(67)62-36-19-21-38-64(62)71(65,54-26-8-2-9-27-54)55-28-10-3-11-29-55/h1-49H/i1D,2D,3D,4D,5D,6D,7D,8D,9D,10D,12D,13D,14D,16D,17D,20D,21D,22D,23D,25D,26D,30D,31D,32D,34D,37D,38D,39D,40D,41D,42D,43D,45D,46D,47D,48D,49D. The molecule has 12 aromatic carbocycles. The quantitative estimate of drug-likeness (QED) is 0.139. The third-order valence-electron chi connectivity index (χ3n) is 13.1. The summed E-state index contributed by atoms with van der Waals surface area (Å²) < 4.78 is 356. The topological polar surface area (TPSA) is 3.24 Å². The number of anilines is 3. The van der Waals surface area contributed by atoms with Crippen molar-refractivity contribution in [2.24, 2.45) is 0 Å². The van der Waals surface area contributed by atoms with Gasteiger partial charge in [0.05, 0.1) is 72.9 Å². The molecule has 0 radical (unpaired) electrons. The molecule has 14 rings (SSSR count). The van der Waals surface area contributed by atoms with Gasteiger partial charge in [0.1, 0.15) is 0 Å². The third-order valence-corrected chi connectivity index (χ3v) is 13.1. The van der Waals surface area contributed by atoms with Crippen molar-refractivity contribution in [3.63, 3.8) is 0 Å². The van der Waals surface area contributed by atoms with E-state index in [2.05, 4.69) is 0 Å². The summed E-state index contributed by atoms with van der Waals surface area (Å²) in [6, 6.07) is -24.1. The summed E-state index contributed by atoms with van der Waals surface area (Å²) in [6.07, 6.45) is 0. The molecule has 12 aromatic rings. The minimum Gasteiger partial charge on any atom is -0.309 e. The second-order valence-corrected chi connectivity index (χ2v) is 16.6. The molecule has 2 aliphatic carbocycles. The molecule has 0 aromatic heterocycles. The highest BCUT2D eigenvalue weighted by Gasteiger charge is 2.49. The highest BCUT2D eigenvalue weighted by atomic mass is 15.1. The number of hydrogen-bond acceptors (Lipinski definition) is 1. The van der Waals surface area contributed by atoms with E-state index in [9.17, 15) is 38.4 Å². The van der Waals surface area contributed by atoms with E-state index in [1.807, 2.05) is 0 Å². The zero-order chi connectivity index (χ0) is 80.5. The van der Waals surface area contributed by atoms with Gasteiger partial charge in [0.25, 0.3) is 0 Å². The zero-order valence-corrected chi connectivity index (χ0v) is 37.4. The van der Waals surface area contributed by atoms with Crippen LogP contribution < -0.4 is 4.90 Å². The Balaban J connectivity index is 1.33. The molecule has 2 unspecified atom stereocenters. The van der Waals surface area contributed by atoms with Crippen molar-refractivity contribution in [3.8, 4) is 44.5 Å². The molecule has 0 spiro atoms. The number of hydrogen-bond donors (Lipinski definition) is 0. The molecule has 0 fully saturated rings. The van der Waals surface area contributed by atoms with Gasteiger partial charge in [0.15, 0.2) is 0 Å². The van der Waals surface area contributed by atoms with Crippen LogP contribution in [-0.4, -0.2) is 0 Å². The predicted octanol–water partition coefficient (Wildman–Crippen LogP) is 18.4. The van der Waals surface area contributed by atoms with Crippen LogP contribution in [0.2, 0.25) is 0 Å². The van der Waals surface area contributed by atoms with Crippen molar-refractivity contribution in [3.05, 3.63) is 341 Å². The van der Waals surface area contributed by atoms with Crippen LogP contribution in [0.3, 0.4) is 0 Å². The molecule has 0 saturated carbocycles. The maximum absolute atomic E-state index is 11.4. The largest absolute Gasteiger partial charge is 0.309 e. The first kappa shape index (κ1) is 19.4. The van der Waals surface area contributed by atoms with Crippen LogP contribution >= 0.6 is 0 Å². The fourth-order valence-corrected chi connectivity index (χ4v) is 10.2. The SMILES string of the molecule is [2H]c1ccc(C2(c3cc([2H])c([2H])c([2H])c3[2H])c3c(ccc([2H])c3[2H])-c3c(N(c4c([2H])c([2H])c5c(c4[2H])C(c4ccc([2H])c([2H])c4[2H])(c4c([2H])c([2H])c([2H])c([2H])c4[2H])c4c-5ccc([2H])c4[2H])c4c([2H])c([2H])c5c([2H])c([2H])c([2H])c([2H])c5c4-c4cc([2H])c(-c5cc([2H])c([2H])c([2H])c5[2H])c([2H])c4[2H])c([2H])c([2H])c([2H])c32)cc1[2H]. The molecule has 0 bridgehead atoms. The summed E-state index contributed by atoms with van der Waals surface area (Å²) >= 11 is 0. The molecular weight excluding hydrogens is 879 g/mol. The molecule has 0 heterocycles. The van der Waals surface area contributed by atoms with Gasteiger partial charge in [-0.3, -0.25) is 0 Å². The Morgan fingerprint density at radius 1 is 0.301 bits per heavy atom. The molecule has 73 heavy (non-hydrogen) atoms. The van der Waals surface area contributed by atoms with Crippen molar-refractivity contribution in [1.29, 1.82) is 0 Å². The van der Waals surface area contributed by atoms with Gasteiger partial charge in [0, 0.05) is 16.8 Å². The van der Waals surface area contributed by atoms with Gasteiger partial charge in [-0.1, -0.05) is 272 Å². The minimum atomic E-state index is -3.14. The van der Waals surface area contributed by atoms with Gasteiger partial charge in [-0.2, -0.15) is 0 Å². The summed E-state index contributed by atoms with van der Waals surface area (Å²) in [7, 11) is 0. The second-order valence-electron chi connectivity index (χ2n) is 16.6. The van der Waals surface area contributed by atoms with Crippen molar-refractivity contribution >= 4 is 27.8 Å². The Hall–Kier alpha value is -9.30. The predicted molar refractivity (Wildman–Crippen MR) is 304 cm³/mol. The van der Waals surface area contributed by atoms with E-state index < -0.39 is 346 Å². The van der Waals surface area contributed by atoms with E-state index in [1.165, 1.54) is 6.07 Å². The van der Waals surface area contributed by atoms with Gasteiger partial charge in [0.2, 0.25) is 0 Å². The first-order valence-corrected chi connectivity index (χ1v) is 22.4. The normalized spacial score (nSPS) is 23.2. The van der Waals surface area contributed by atoms with Crippen LogP contribution in [-0.2, 0) is 10.8 Å². The van der Waals surface area contributed by atoms with E-state index in [0.717, 1.165) is 66.7 Å².